The molecule has 1 heterocycles. The van der Waals surface area contributed by atoms with Gasteiger partial charge in [0.05, 0.1) is 11.7 Å². The van der Waals surface area contributed by atoms with E-state index in [0.717, 1.165) is 17.4 Å². The van der Waals surface area contributed by atoms with Gasteiger partial charge >= 0.3 is 0 Å². The van der Waals surface area contributed by atoms with Crippen LogP contribution in [0.4, 0.5) is 5.69 Å². The Morgan fingerprint density at radius 1 is 1.12 bits per heavy atom. The van der Waals surface area contributed by atoms with Gasteiger partial charge in [0.1, 0.15) is 5.03 Å². The van der Waals surface area contributed by atoms with Crippen molar-refractivity contribution in [2.45, 2.75) is 43.0 Å². The largest absolute Gasteiger partial charge is 0.545 e. The third kappa shape index (κ3) is 4.85. The van der Waals surface area contributed by atoms with Crippen molar-refractivity contribution >= 4 is 29.3 Å². The van der Waals surface area contributed by atoms with E-state index in [1.54, 1.807) is 0 Å². The molecule has 0 saturated heterocycles. The smallest absolute Gasteiger partial charge is 0.234 e. The molecule has 2 aromatic rings. The lowest BCUT2D eigenvalue weighted by atomic mass is 9.84. The van der Waals surface area contributed by atoms with Gasteiger partial charge in [0, 0.05) is 17.4 Å². The lowest BCUT2D eigenvalue weighted by molar-refractivity contribution is -0.255. The monoisotopic (exact) mass is 369 g/mol. The van der Waals surface area contributed by atoms with Crippen LogP contribution in [0.2, 0.25) is 0 Å². The molecule has 1 aliphatic carbocycles. The minimum atomic E-state index is -1.29. The summed E-state index contributed by atoms with van der Waals surface area (Å²) in [5, 5.41) is 14.2. The van der Waals surface area contributed by atoms with Crippen molar-refractivity contribution in [1.82, 2.24) is 4.98 Å². The molecule has 1 aromatic heterocycles. The first-order valence-corrected chi connectivity index (χ1v) is 9.81. The molecule has 3 rings (SSSR count). The predicted molar refractivity (Wildman–Crippen MR) is 100 cm³/mol. The molecular weight excluding hydrogens is 348 g/mol. The van der Waals surface area contributed by atoms with Crippen LogP contribution >= 0.6 is 11.8 Å². The number of anilines is 1. The van der Waals surface area contributed by atoms with E-state index in [2.05, 4.69) is 22.4 Å². The highest BCUT2D eigenvalue weighted by Crippen LogP contribution is 2.33. The average molecular weight is 369 g/mol. The van der Waals surface area contributed by atoms with Gasteiger partial charge in [0.2, 0.25) is 5.91 Å². The number of nitrogens with zero attached hydrogens (tertiary/aromatic N) is 1. The number of thioether (sulfide) groups is 1. The van der Waals surface area contributed by atoms with Crippen molar-refractivity contribution in [2.75, 3.05) is 11.1 Å². The lowest BCUT2D eigenvalue weighted by Gasteiger charge is -2.22. The van der Waals surface area contributed by atoms with Crippen LogP contribution in [0, 0.1) is 0 Å². The highest BCUT2D eigenvalue weighted by atomic mass is 32.2. The first-order valence-electron chi connectivity index (χ1n) is 8.82. The first kappa shape index (κ1) is 18.5. The fourth-order valence-electron chi connectivity index (χ4n) is 3.27. The molecule has 1 aromatic carbocycles. The molecule has 0 bridgehead atoms. The third-order valence-electron chi connectivity index (χ3n) is 4.60. The Balaban J connectivity index is 1.54. The van der Waals surface area contributed by atoms with Gasteiger partial charge < -0.3 is 15.2 Å². The molecule has 0 radical (unpaired) electrons. The Bertz CT molecular complexity index is 771. The molecule has 1 amide bonds. The molecule has 26 heavy (non-hydrogen) atoms. The Morgan fingerprint density at radius 3 is 2.54 bits per heavy atom. The highest BCUT2D eigenvalue weighted by molar-refractivity contribution is 8.00. The second-order valence-corrected chi connectivity index (χ2v) is 7.40. The first-order chi connectivity index (χ1) is 12.6. The van der Waals surface area contributed by atoms with E-state index in [1.165, 1.54) is 56.0 Å². The maximum Gasteiger partial charge on any atom is 0.234 e. The minimum Gasteiger partial charge on any atom is -0.545 e. The number of benzene rings is 1. The summed E-state index contributed by atoms with van der Waals surface area (Å²) in [5.41, 5.74) is 2.09. The Kier molecular flexibility index (Phi) is 6.28. The van der Waals surface area contributed by atoms with Crippen LogP contribution in [0.1, 0.15) is 53.9 Å². The Hall–Kier alpha value is -2.34. The molecule has 0 atom stereocenters. The van der Waals surface area contributed by atoms with Gasteiger partial charge in [-0.15, -0.1) is 0 Å². The van der Waals surface area contributed by atoms with Crippen LogP contribution in [-0.4, -0.2) is 22.6 Å². The molecule has 0 aliphatic heterocycles. The van der Waals surface area contributed by atoms with Gasteiger partial charge in [-0.05, 0) is 48.6 Å². The summed E-state index contributed by atoms with van der Waals surface area (Å²) >= 11 is 1.08. The van der Waals surface area contributed by atoms with Gasteiger partial charge in [-0.1, -0.05) is 43.2 Å². The molecule has 0 spiro atoms. The molecular formula is C20H21N2O3S-. The number of carbonyl (C=O) groups excluding carboxylic acids is 2. The number of aromatic carboxylic acids is 1. The maximum absolute atomic E-state index is 12.1. The van der Waals surface area contributed by atoms with Crippen LogP contribution in [0.3, 0.4) is 0 Å². The van der Waals surface area contributed by atoms with Crippen molar-refractivity contribution in [3.8, 4) is 0 Å². The molecule has 1 fully saturated rings. The number of pyridine rings is 1. The van der Waals surface area contributed by atoms with Gasteiger partial charge in [0.15, 0.2) is 0 Å². The second-order valence-electron chi connectivity index (χ2n) is 6.44. The van der Waals surface area contributed by atoms with Crippen molar-refractivity contribution in [3.63, 3.8) is 0 Å². The molecule has 1 saturated carbocycles. The number of nitrogens with one attached hydrogen (secondary N) is 1. The van der Waals surface area contributed by atoms with Crippen molar-refractivity contribution in [3.05, 3.63) is 53.7 Å². The van der Waals surface area contributed by atoms with Crippen LogP contribution < -0.4 is 10.4 Å². The van der Waals surface area contributed by atoms with Crippen molar-refractivity contribution in [2.24, 2.45) is 0 Å². The number of amides is 1. The summed E-state index contributed by atoms with van der Waals surface area (Å²) in [4.78, 5) is 27.2. The quantitative estimate of drug-likeness (QED) is 0.791. The number of carboxylic acids is 1. The summed E-state index contributed by atoms with van der Waals surface area (Å²) in [6, 6.07) is 11.0. The van der Waals surface area contributed by atoms with Crippen LogP contribution in [0.15, 0.2) is 47.6 Å². The van der Waals surface area contributed by atoms with Gasteiger partial charge in [0.25, 0.3) is 0 Å². The standard InChI is InChI=1S/C20H22N2O3S/c23-18(13-26-19-17(20(24)25)7-4-12-21-19)22-16-10-8-15(9-11-16)14-5-2-1-3-6-14/h4,7-12,14H,1-3,5-6,13H2,(H,22,23)(H,24,25)/p-1. The average Bonchev–Trinajstić information content (AvgIpc) is 2.68. The second kappa shape index (κ2) is 8.85. The fraction of sp³-hybridized carbons (Fsp3) is 0.350. The number of hydrogen-bond donors (Lipinski definition) is 1. The van der Waals surface area contributed by atoms with E-state index >= 15 is 0 Å². The van der Waals surface area contributed by atoms with Crippen LogP contribution in [0.5, 0.6) is 0 Å². The van der Waals surface area contributed by atoms with Crippen molar-refractivity contribution in [1.29, 1.82) is 0 Å². The summed E-state index contributed by atoms with van der Waals surface area (Å²) in [6.07, 6.45) is 7.90. The normalized spacial score (nSPS) is 14.8. The van der Waals surface area contributed by atoms with E-state index < -0.39 is 5.97 Å². The predicted octanol–water partition coefficient (Wildman–Crippen LogP) is 3.22. The topological polar surface area (TPSA) is 82.1 Å². The van der Waals surface area contributed by atoms with Crippen LogP contribution in [0.25, 0.3) is 0 Å². The van der Waals surface area contributed by atoms with Gasteiger partial charge in [-0.3, -0.25) is 4.79 Å². The highest BCUT2D eigenvalue weighted by Gasteiger charge is 2.15. The zero-order chi connectivity index (χ0) is 18.4. The van der Waals surface area contributed by atoms with Gasteiger partial charge in [-0.25, -0.2) is 4.98 Å². The summed E-state index contributed by atoms with van der Waals surface area (Å²) in [7, 11) is 0. The molecule has 1 N–H and O–H groups in total. The SMILES string of the molecule is O=C(CSc1ncccc1C(=O)[O-])Nc1ccc(C2CCCCC2)cc1. The number of aromatic nitrogens is 1. The number of rotatable bonds is 6. The summed E-state index contributed by atoms with van der Waals surface area (Å²) in [6.45, 7) is 0. The number of carboxylic acid groups (broad SMARTS) is 1. The van der Waals surface area contributed by atoms with Crippen molar-refractivity contribution < 1.29 is 14.7 Å². The molecule has 136 valence electrons. The summed E-state index contributed by atoms with van der Waals surface area (Å²) in [5.74, 6) is -0.771. The van der Waals surface area contributed by atoms with Crippen LogP contribution in [-0.2, 0) is 4.79 Å². The molecule has 6 heteroatoms. The number of carbonyl (C=O) groups is 2. The van der Waals surface area contributed by atoms with E-state index in [0.29, 0.717) is 5.92 Å². The Morgan fingerprint density at radius 2 is 1.85 bits per heavy atom. The molecule has 5 nitrogen and oxygen atoms in total. The molecule has 1 aliphatic rings. The van der Waals surface area contributed by atoms with E-state index in [4.69, 9.17) is 0 Å². The fourth-order valence-corrected chi connectivity index (χ4v) is 4.05. The zero-order valence-electron chi connectivity index (χ0n) is 14.4. The Labute approximate surface area is 157 Å². The maximum atomic E-state index is 12.1. The minimum absolute atomic E-state index is 0.00198. The zero-order valence-corrected chi connectivity index (χ0v) is 15.3. The third-order valence-corrected chi connectivity index (χ3v) is 5.61. The van der Waals surface area contributed by atoms with E-state index in [9.17, 15) is 14.7 Å². The lowest BCUT2D eigenvalue weighted by Crippen LogP contribution is -2.23. The van der Waals surface area contributed by atoms with E-state index in [-0.39, 0.29) is 22.2 Å². The van der Waals surface area contributed by atoms with Gasteiger partial charge in [-0.2, -0.15) is 0 Å². The molecule has 0 unspecified atom stereocenters. The number of hydrogen-bond acceptors (Lipinski definition) is 5. The summed E-state index contributed by atoms with van der Waals surface area (Å²) < 4.78 is 0. The van der Waals surface area contributed by atoms with E-state index in [1.807, 2.05) is 12.1 Å².